The Morgan fingerprint density at radius 2 is 1.84 bits per heavy atom. The van der Waals surface area contributed by atoms with E-state index in [-0.39, 0.29) is 5.88 Å². The minimum absolute atomic E-state index is 0.230. The highest BCUT2D eigenvalue weighted by Crippen LogP contribution is 2.15. The first-order chi connectivity index (χ1) is 9.33. The quantitative estimate of drug-likeness (QED) is 0.653. The summed E-state index contributed by atoms with van der Waals surface area (Å²) in [6, 6.07) is 10.3. The molecule has 3 aromatic rings. The molecule has 0 spiro atoms. The molecule has 0 saturated heterocycles. The second kappa shape index (κ2) is 4.81. The van der Waals surface area contributed by atoms with Crippen molar-refractivity contribution in [3.05, 3.63) is 60.6 Å². The molecule has 0 aliphatic heterocycles. The highest BCUT2D eigenvalue weighted by Gasteiger charge is 2.09. The monoisotopic (exact) mass is 251 g/mol. The Morgan fingerprint density at radius 1 is 1.00 bits per heavy atom. The largest absolute Gasteiger partial charge is 0.404 e. The Labute approximate surface area is 108 Å². The molecule has 0 aromatic carbocycles. The van der Waals surface area contributed by atoms with Crippen LogP contribution in [0.3, 0.4) is 0 Å². The number of pyridine rings is 3. The number of carbonyl (C=O) groups excluding carboxylic acids is 1. The smallest absolute Gasteiger partial charge is 0.344 e. The Morgan fingerprint density at radius 3 is 2.68 bits per heavy atom. The van der Waals surface area contributed by atoms with Crippen LogP contribution in [-0.4, -0.2) is 20.9 Å². The van der Waals surface area contributed by atoms with Crippen LogP contribution in [0.2, 0.25) is 0 Å². The Bertz CT molecular complexity index is 729. The third-order valence-corrected chi connectivity index (χ3v) is 2.55. The van der Waals surface area contributed by atoms with Crippen LogP contribution in [0.25, 0.3) is 11.0 Å². The van der Waals surface area contributed by atoms with Crippen molar-refractivity contribution in [2.45, 2.75) is 0 Å². The highest BCUT2D eigenvalue weighted by molar-refractivity contribution is 5.90. The van der Waals surface area contributed by atoms with Crippen molar-refractivity contribution in [2.24, 2.45) is 0 Å². The summed E-state index contributed by atoms with van der Waals surface area (Å²) in [5.74, 6) is -0.238. The minimum Gasteiger partial charge on any atom is -0.404 e. The molecule has 0 N–H and O–H groups in total. The third kappa shape index (κ3) is 2.40. The van der Waals surface area contributed by atoms with Gasteiger partial charge in [-0.2, -0.15) is 4.98 Å². The summed E-state index contributed by atoms with van der Waals surface area (Å²) in [7, 11) is 0. The van der Waals surface area contributed by atoms with Gasteiger partial charge in [-0.15, -0.1) is 0 Å². The summed E-state index contributed by atoms with van der Waals surface area (Å²) < 4.78 is 5.19. The van der Waals surface area contributed by atoms with Crippen LogP contribution in [0.4, 0.5) is 0 Å². The van der Waals surface area contributed by atoms with Gasteiger partial charge in [-0.1, -0.05) is 0 Å². The predicted molar refractivity (Wildman–Crippen MR) is 68.7 cm³/mol. The molecule has 3 heterocycles. The SMILES string of the molecule is O=C(Oc1ccc2cccnc2n1)c1ccncc1. The number of esters is 1. The van der Waals surface area contributed by atoms with Crippen LogP contribution in [0.1, 0.15) is 10.4 Å². The lowest BCUT2D eigenvalue weighted by atomic mass is 10.3. The van der Waals surface area contributed by atoms with Crippen LogP contribution in [0.5, 0.6) is 5.88 Å². The summed E-state index contributed by atoms with van der Waals surface area (Å²) in [6.45, 7) is 0. The number of fused-ring (bicyclic) bond motifs is 1. The Hall–Kier alpha value is -2.82. The normalized spacial score (nSPS) is 10.3. The first kappa shape index (κ1) is 11.3. The maximum atomic E-state index is 11.8. The predicted octanol–water partition coefficient (Wildman–Crippen LogP) is 2.24. The minimum atomic E-state index is -0.467. The maximum absolute atomic E-state index is 11.8. The van der Waals surface area contributed by atoms with Gasteiger partial charge < -0.3 is 4.74 Å². The van der Waals surface area contributed by atoms with Gasteiger partial charge in [-0.05, 0) is 30.3 Å². The van der Waals surface area contributed by atoms with Crippen molar-refractivity contribution in [1.82, 2.24) is 15.0 Å². The molecule has 0 unspecified atom stereocenters. The van der Waals surface area contributed by atoms with E-state index in [9.17, 15) is 4.79 Å². The molecular formula is C14H9N3O2. The van der Waals surface area contributed by atoms with Crippen molar-refractivity contribution in [1.29, 1.82) is 0 Å². The van der Waals surface area contributed by atoms with Crippen molar-refractivity contribution >= 4 is 17.0 Å². The molecule has 0 fully saturated rings. The average Bonchev–Trinajstić information content (AvgIpc) is 2.48. The number of carbonyl (C=O) groups is 1. The zero-order valence-corrected chi connectivity index (χ0v) is 9.85. The molecule has 0 saturated carbocycles. The highest BCUT2D eigenvalue weighted by atomic mass is 16.5. The molecule has 0 atom stereocenters. The molecule has 0 radical (unpaired) electrons. The first-order valence-electron chi connectivity index (χ1n) is 5.67. The van der Waals surface area contributed by atoms with E-state index in [4.69, 9.17) is 4.74 Å². The summed E-state index contributed by atoms with van der Waals surface area (Å²) in [6.07, 6.45) is 4.71. The van der Waals surface area contributed by atoms with Gasteiger partial charge in [-0.25, -0.2) is 9.78 Å². The van der Waals surface area contributed by atoms with Crippen LogP contribution in [0.15, 0.2) is 55.0 Å². The van der Waals surface area contributed by atoms with Crippen molar-refractivity contribution in [3.63, 3.8) is 0 Å². The van der Waals surface area contributed by atoms with Crippen molar-refractivity contribution in [3.8, 4) is 5.88 Å². The van der Waals surface area contributed by atoms with Gasteiger partial charge in [0, 0.05) is 30.0 Å². The molecule has 19 heavy (non-hydrogen) atoms. The average molecular weight is 251 g/mol. The Balaban J connectivity index is 1.87. The standard InChI is InChI=1S/C14H9N3O2/c18-14(11-5-8-15-9-6-11)19-12-4-3-10-2-1-7-16-13(10)17-12/h1-9H. The molecule has 3 rings (SSSR count). The number of rotatable bonds is 2. The zero-order valence-electron chi connectivity index (χ0n) is 9.85. The van der Waals surface area contributed by atoms with Gasteiger partial charge in [-0.3, -0.25) is 4.98 Å². The molecule has 0 bridgehead atoms. The van der Waals surface area contributed by atoms with Gasteiger partial charge in [0.15, 0.2) is 5.65 Å². The second-order valence-electron chi connectivity index (χ2n) is 3.83. The van der Waals surface area contributed by atoms with Gasteiger partial charge in [0.1, 0.15) is 0 Å². The number of hydrogen-bond donors (Lipinski definition) is 0. The molecule has 5 heteroatoms. The lowest BCUT2D eigenvalue weighted by Crippen LogP contribution is -2.09. The van der Waals surface area contributed by atoms with Crippen LogP contribution in [-0.2, 0) is 0 Å². The number of aromatic nitrogens is 3. The van der Waals surface area contributed by atoms with Crippen molar-refractivity contribution < 1.29 is 9.53 Å². The van der Waals surface area contributed by atoms with E-state index in [1.54, 1.807) is 24.4 Å². The van der Waals surface area contributed by atoms with Crippen LogP contribution < -0.4 is 4.74 Å². The molecule has 0 amide bonds. The maximum Gasteiger partial charge on any atom is 0.344 e. The number of hydrogen-bond acceptors (Lipinski definition) is 5. The molecule has 0 aliphatic carbocycles. The molecule has 5 nitrogen and oxygen atoms in total. The third-order valence-electron chi connectivity index (χ3n) is 2.55. The Kier molecular flexibility index (Phi) is 2.86. The second-order valence-corrected chi connectivity index (χ2v) is 3.83. The lowest BCUT2D eigenvalue weighted by molar-refractivity contribution is 0.0728. The summed E-state index contributed by atoms with van der Waals surface area (Å²) >= 11 is 0. The zero-order chi connectivity index (χ0) is 13.1. The van der Waals surface area contributed by atoms with E-state index < -0.39 is 5.97 Å². The molecular weight excluding hydrogens is 242 g/mol. The molecule has 3 aromatic heterocycles. The van der Waals surface area contributed by atoms with Crippen molar-refractivity contribution in [2.75, 3.05) is 0 Å². The summed E-state index contributed by atoms with van der Waals surface area (Å²) in [5, 5.41) is 0.895. The van der Waals surface area contributed by atoms with E-state index >= 15 is 0 Å². The van der Waals surface area contributed by atoms with E-state index in [2.05, 4.69) is 15.0 Å². The van der Waals surface area contributed by atoms with Gasteiger partial charge >= 0.3 is 5.97 Å². The molecule has 92 valence electrons. The molecule has 0 aliphatic rings. The van der Waals surface area contributed by atoms with Gasteiger partial charge in [0.2, 0.25) is 5.88 Å². The van der Waals surface area contributed by atoms with E-state index in [1.165, 1.54) is 12.4 Å². The van der Waals surface area contributed by atoms with Gasteiger partial charge in [0.05, 0.1) is 5.56 Å². The van der Waals surface area contributed by atoms with E-state index in [0.717, 1.165) is 5.39 Å². The fourth-order valence-corrected chi connectivity index (χ4v) is 1.63. The van der Waals surface area contributed by atoms with E-state index in [0.29, 0.717) is 11.2 Å². The topological polar surface area (TPSA) is 65.0 Å². The summed E-state index contributed by atoms with van der Waals surface area (Å²) in [4.78, 5) is 24.0. The summed E-state index contributed by atoms with van der Waals surface area (Å²) in [5.41, 5.74) is 0.973. The van der Waals surface area contributed by atoms with Gasteiger partial charge in [0.25, 0.3) is 0 Å². The lowest BCUT2D eigenvalue weighted by Gasteiger charge is -2.03. The number of ether oxygens (including phenoxy) is 1. The number of nitrogens with zero attached hydrogens (tertiary/aromatic N) is 3. The fraction of sp³-hybridized carbons (Fsp3) is 0. The fourth-order valence-electron chi connectivity index (χ4n) is 1.63. The van der Waals surface area contributed by atoms with E-state index in [1.807, 2.05) is 18.2 Å². The first-order valence-corrected chi connectivity index (χ1v) is 5.67. The van der Waals surface area contributed by atoms with Crippen LogP contribution in [0, 0.1) is 0 Å². The van der Waals surface area contributed by atoms with Crippen LogP contribution >= 0.6 is 0 Å².